The van der Waals surface area contributed by atoms with Crippen LogP contribution in [-0.2, 0) is 16.0 Å². The molecule has 1 aromatic rings. The lowest BCUT2D eigenvalue weighted by molar-refractivity contribution is -0.154. The van der Waals surface area contributed by atoms with E-state index in [1.54, 1.807) is 5.01 Å². The Morgan fingerprint density at radius 3 is 2.60 bits per heavy atom. The maximum Gasteiger partial charge on any atom is 0.304 e. The fourth-order valence-electron chi connectivity index (χ4n) is 3.22. The summed E-state index contributed by atoms with van der Waals surface area (Å²) in [6.07, 6.45) is 6.89. The molecule has 1 unspecified atom stereocenters. The van der Waals surface area contributed by atoms with Gasteiger partial charge in [-0.15, -0.1) is 0 Å². The first-order valence-electron chi connectivity index (χ1n) is 9.61. The van der Waals surface area contributed by atoms with E-state index in [0.717, 1.165) is 45.1 Å². The third-order valence-corrected chi connectivity index (χ3v) is 5.37. The number of rotatable bonds is 8. The molecule has 0 aromatic heterocycles. The predicted molar refractivity (Wildman–Crippen MR) is 101 cm³/mol. The van der Waals surface area contributed by atoms with Crippen LogP contribution in [0.5, 0.6) is 0 Å². The number of benzene rings is 1. The molecule has 1 aliphatic rings. The molecule has 25 heavy (non-hydrogen) atoms. The normalized spacial score (nSPS) is 18.2. The van der Waals surface area contributed by atoms with Gasteiger partial charge in [0.1, 0.15) is 0 Å². The van der Waals surface area contributed by atoms with Gasteiger partial charge in [0.25, 0.3) is 0 Å². The molecule has 0 bridgehead atoms. The zero-order valence-electron chi connectivity index (χ0n) is 15.9. The lowest BCUT2D eigenvalue weighted by Crippen LogP contribution is -2.57. The van der Waals surface area contributed by atoms with Crippen molar-refractivity contribution < 1.29 is 9.59 Å². The van der Waals surface area contributed by atoms with Crippen LogP contribution < -0.4 is 5.43 Å². The molecule has 4 heteroatoms. The van der Waals surface area contributed by atoms with Crippen LogP contribution >= 0.6 is 0 Å². The van der Waals surface area contributed by atoms with Crippen LogP contribution in [0.4, 0.5) is 0 Å². The number of carbonyl (C=O) groups is 2. The summed E-state index contributed by atoms with van der Waals surface area (Å²) in [5, 5.41) is 1.63. The van der Waals surface area contributed by atoms with Crippen molar-refractivity contribution in [3.05, 3.63) is 35.9 Å². The number of nitrogens with one attached hydrogen (secondary N) is 1. The smallest absolute Gasteiger partial charge is 0.288 e. The van der Waals surface area contributed by atoms with E-state index in [0.29, 0.717) is 6.42 Å². The Balaban J connectivity index is 1.87. The Labute approximate surface area is 152 Å². The summed E-state index contributed by atoms with van der Waals surface area (Å²) >= 11 is 0. The summed E-state index contributed by atoms with van der Waals surface area (Å²) in [6, 6.07) is 10.6. The summed E-state index contributed by atoms with van der Waals surface area (Å²) in [4.78, 5) is 25.2. The summed E-state index contributed by atoms with van der Waals surface area (Å²) in [6.45, 7) is 6.43. The molecule has 0 radical (unpaired) electrons. The predicted octanol–water partition coefficient (Wildman–Crippen LogP) is 3.90. The van der Waals surface area contributed by atoms with Gasteiger partial charge in [0, 0.05) is 18.0 Å². The number of amides is 1. The number of unbranched alkanes of at least 4 members (excludes halogenated alkanes) is 1. The molecule has 0 spiro atoms. The Bertz CT molecular complexity index is 569. The highest BCUT2D eigenvalue weighted by Gasteiger charge is 2.37. The molecule has 1 amide bonds. The number of carbonyl (C=O) groups excluding carboxylic acids is 2. The molecule has 4 nitrogen and oxygen atoms in total. The second kappa shape index (κ2) is 9.14. The lowest BCUT2D eigenvalue weighted by Gasteiger charge is -2.37. The van der Waals surface area contributed by atoms with Gasteiger partial charge in [0.05, 0.1) is 0 Å². The number of Topliss-reactive ketones (excluding diaryl/α,β-unsaturated/α-hetero) is 1. The summed E-state index contributed by atoms with van der Waals surface area (Å²) in [7, 11) is 0. The van der Waals surface area contributed by atoms with Gasteiger partial charge in [-0.2, -0.15) is 0 Å². The van der Waals surface area contributed by atoms with Crippen molar-refractivity contribution in [1.82, 2.24) is 10.4 Å². The van der Waals surface area contributed by atoms with Gasteiger partial charge < -0.3 is 0 Å². The highest BCUT2D eigenvalue weighted by Crippen LogP contribution is 2.24. The van der Waals surface area contributed by atoms with Gasteiger partial charge >= 0.3 is 5.91 Å². The average molecular weight is 344 g/mol. The molecule has 2 rings (SSSR count). The third kappa shape index (κ3) is 5.40. The topological polar surface area (TPSA) is 49.4 Å². The van der Waals surface area contributed by atoms with Gasteiger partial charge in [-0.3, -0.25) is 14.6 Å². The number of ketones is 1. The van der Waals surface area contributed by atoms with Crippen molar-refractivity contribution in [2.24, 2.45) is 5.41 Å². The van der Waals surface area contributed by atoms with E-state index in [1.807, 2.05) is 26.8 Å². The van der Waals surface area contributed by atoms with E-state index >= 15 is 0 Å². The molecule has 0 saturated carbocycles. The Hall–Kier alpha value is -1.68. The molecule has 1 fully saturated rings. The minimum Gasteiger partial charge on any atom is -0.288 e. The largest absolute Gasteiger partial charge is 0.304 e. The molecule has 1 atom stereocenters. The molecule has 138 valence electrons. The Morgan fingerprint density at radius 1 is 1.20 bits per heavy atom. The summed E-state index contributed by atoms with van der Waals surface area (Å²) in [5.74, 6) is -0.640. The van der Waals surface area contributed by atoms with E-state index < -0.39 is 5.41 Å². The number of hydrogen-bond acceptors (Lipinski definition) is 3. The monoisotopic (exact) mass is 344 g/mol. The zero-order chi connectivity index (χ0) is 18.3. The van der Waals surface area contributed by atoms with Crippen LogP contribution in [0.15, 0.2) is 30.3 Å². The maximum absolute atomic E-state index is 12.7. The highest BCUT2D eigenvalue weighted by atomic mass is 16.2. The van der Waals surface area contributed by atoms with E-state index in [1.165, 1.54) is 5.56 Å². The molecule has 0 aliphatic carbocycles. The molecule has 1 saturated heterocycles. The van der Waals surface area contributed by atoms with Crippen molar-refractivity contribution >= 4 is 11.7 Å². The van der Waals surface area contributed by atoms with E-state index in [-0.39, 0.29) is 17.7 Å². The fourth-order valence-corrected chi connectivity index (χ4v) is 3.22. The number of aryl methyl sites for hydroxylation is 1. The maximum atomic E-state index is 12.7. The standard InChI is InChI=1S/C21H32N2O2/c1-4-21(2,3)19(24)20(25)23-18(15-10-16-22-23)14-9-8-13-17-11-6-5-7-12-17/h5-7,11-12,18,22H,4,8-10,13-16H2,1-3H3. The first kappa shape index (κ1) is 19.6. The van der Waals surface area contributed by atoms with Gasteiger partial charge in [-0.25, -0.2) is 5.43 Å². The number of hydrazine groups is 1. The lowest BCUT2D eigenvalue weighted by atomic mass is 9.84. The van der Waals surface area contributed by atoms with Gasteiger partial charge in [0.2, 0.25) is 5.78 Å². The van der Waals surface area contributed by atoms with Crippen molar-refractivity contribution in [2.75, 3.05) is 6.54 Å². The minimum absolute atomic E-state index is 0.133. The molecular formula is C21H32N2O2. The molecule has 1 heterocycles. The van der Waals surface area contributed by atoms with Crippen molar-refractivity contribution in [3.8, 4) is 0 Å². The minimum atomic E-state index is -0.589. The van der Waals surface area contributed by atoms with Crippen molar-refractivity contribution in [2.45, 2.75) is 71.8 Å². The fraction of sp³-hybridized carbons (Fsp3) is 0.619. The zero-order valence-corrected chi connectivity index (χ0v) is 15.9. The second-order valence-corrected chi connectivity index (χ2v) is 7.68. The summed E-state index contributed by atoms with van der Waals surface area (Å²) < 4.78 is 0. The van der Waals surface area contributed by atoms with E-state index in [4.69, 9.17) is 0 Å². The van der Waals surface area contributed by atoms with Crippen molar-refractivity contribution in [3.63, 3.8) is 0 Å². The SMILES string of the molecule is CCC(C)(C)C(=O)C(=O)N1NCCCC1CCCCc1ccccc1. The second-order valence-electron chi connectivity index (χ2n) is 7.68. The first-order valence-corrected chi connectivity index (χ1v) is 9.61. The number of nitrogens with zero attached hydrogens (tertiary/aromatic N) is 1. The Morgan fingerprint density at radius 2 is 1.92 bits per heavy atom. The Kier molecular flexibility index (Phi) is 7.18. The highest BCUT2D eigenvalue weighted by molar-refractivity contribution is 6.37. The quantitative estimate of drug-likeness (QED) is 0.575. The van der Waals surface area contributed by atoms with Crippen LogP contribution in [-0.4, -0.2) is 29.3 Å². The average Bonchev–Trinajstić information content (AvgIpc) is 2.65. The summed E-state index contributed by atoms with van der Waals surface area (Å²) in [5.41, 5.74) is 3.94. The van der Waals surface area contributed by atoms with Crippen LogP contribution in [0.25, 0.3) is 0 Å². The van der Waals surface area contributed by atoms with E-state index in [2.05, 4.69) is 29.7 Å². The third-order valence-electron chi connectivity index (χ3n) is 5.37. The van der Waals surface area contributed by atoms with Crippen LogP contribution in [0, 0.1) is 5.41 Å². The first-order chi connectivity index (χ1) is 12.0. The van der Waals surface area contributed by atoms with Gasteiger partial charge in [-0.05, 0) is 44.1 Å². The number of hydrogen-bond donors (Lipinski definition) is 1. The molecule has 1 N–H and O–H groups in total. The van der Waals surface area contributed by atoms with Gasteiger partial charge in [-0.1, -0.05) is 57.5 Å². The van der Waals surface area contributed by atoms with Crippen LogP contribution in [0.2, 0.25) is 0 Å². The van der Waals surface area contributed by atoms with Crippen LogP contribution in [0.3, 0.4) is 0 Å². The van der Waals surface area contributed by atoms with Crippen molar-refractivity contribution in [1.29, 1.82) is 0 Å². The van der Waals surface area contributed by atoms with Gasteiger partial charge in [0.15, 0.2) is 0 Å². The molecular weight excluding hydrogens is 312 g/mol. The molecule has 1 aromatic carbocycles. The molecule has 1 aliphatic heterocycles. The van der Waals surface area contributed by atoms with E-state index in [9.17, 15) is 9.59 Å². The van der Waals surface area contributed by atoms with Crippen LogP contribution in [0.1, 0.15) is 64.9 Å².